The molecule has 0 radical (unpaired) electrons. The second-order valence-corrected chi connectivity index (χ2v) is 23.6. The average molecular weight is 551 g/mol. The number of rotatable bonds is 10. The molecule has 1 amide bonds. The number of fused-ring (bicyclic) bond motifs is 1. The second kappa shape index (κ2) is 11.6. The summed E-state index contributed by atoms with van der Waals surface area (Å²) in [7, 11) is -2.83. The number of nitrogens with one attached hydrogen (secondary N) is 1. The molecular weight excluding hydrogens is 511 g/mol. The molecule has 1 saturated heterocycles. The Morgan fingerprint density at radius 1 is 1.03 bits per heavy atom. The van der Waals surface area contributed by atoms with Gasteiger partial charge in [0.05, 0.1) is 25.8 Å². The van der Waals surface area contributed by atoms with Crippen molar-refractivity contribution in [1.29, 1.82) is 0 Å². The Labute approximate surface area is 220 Å². The maximum atomic E-state index is 14.7. The van der Waals surface area contributed by atoms with Crippen molar-refractivity contribution in [1.82, 2.24) is 10.2 Å². The van der Waals surface area contributed by atoms with Gasteiger partial charge in [-0.2, -0.15) is 0 Å². The molecule has 0 saturated carbocycles. The maximum Gasteiger partial charge on any atom is 0.325 e. The van der Waals surface area contributed by atoms with Crippen LogP contribution in [0.1, 0.15) is 39.1 Å². The highest BCUT2D eigenvalue weighted by Gasteiger charge is 2.46. The Bertz CT molecular complexity index is 1050. The monoisotopic (exact) mass is 550 g/mol. The number of carbonyl (C=O) groups is 4. The predicted molar refractivity (Wildman–Crippen MR) is 144 cm³/mol. The lowest BCUT2D eigenvalue weighted by molar-refractivity contribution is -0.152. The predicted octanol–water partition coefficient (Wildman–Crippen LogP) is 3.85. The molecule has 1 fully saturated rings. The van der Waals surface area contributed by atoms with Gasteiger partial charge in [0.15, 0.2) is 0 Å². The summed E-state index contributed by atoms with van der Waals surface area (Å²) in [6.07, 6.45) is 1.20. The number of amides is 1. The van der Waals surface area contributed by atoms with E-state index in [1.165, 1.54) is 11.0 Å². The third-order valence-electron chi connectivity index (χ3n) is 6.82. The van der Waals surface area contributed by atoms with Gasteiger partial charge in [-0.3, -0.25) is 24.5 Å². The quantitative estimate of drug-likeness (QED) is 0.268. The molecule has 8 nitrogen and oxygen atoms in total. The molecule has 37 heavy (non-hydrogen) atoms. The zero-order chi connectivity index (χ0) is 27.5. The highest BCUT2D eigenvalue weighted by atomic mass is 28.3. The minimum atomic E-state index is -1.45. The lowest BCUT2D eigenvalue weighted by Crippen LogP contribution is -2.62. The zero-order valence-corrected chi connectivity index (χ0v) is 24.7. The molecule has 1 aromatic rings. The number of aldehydes is 1. The Kier molecular flexibility index (Phi) is 9.12. The van der Waals surface area contributed by atoms with Crippen molar-refractivity contribution in [2.75, 3.05) is 13.2 Å². The minimum absolute atomic E-state index is 0.0184. The Morgan fingerprint density at radius 2 is 1.62 bits per heavy atom. The van der Waals surface area contributed by atoms with E-state index in [1.54, 1.807) is 0 Å². The summed E-state index contributed by atoms with van der Waals surface area (Å²) in [5, 5.41) is 3.09. The van der Waals surface area contributed by atoms with Gasteiger partial charge in [-0.1, -0.05) is 39.3 Å². The molecule has 2 aliphatic heterocycles. The van der Waals surface area contributed by atoms with Gasteiger partial charge in [-0.25, -0.2) is 4.39 Å². The van der Waals surface area contributed by atoms with Crippen molar-refractivity contribution in [2.24, 2.45) is 0 Å². The molecule has 0 spiro atoms. The first kappa shape index (κ1) is 29.2. The van der Waals surface area contributed by atoms with Gasteiger partial charge in [0, 0.05) is 32.8 Å². The molecule has 11 heteroatoms. The van der Waals surface area contributed by atoms with Gasteiger partial charge in [0.1, 0.15) is 24.2 Å². The van der Waals surface area contributed by atoms with Gasteiger partial charge in [0.2, 0.25) is 0 Å². The van der Waals surface area contributed by atoms with Crippen LogP contribution in [0.15, 0.2) is 12.1 Å². The van der Waals surface area contributed by atoms with E-state index in [4.69, 9.17) is 9.47 Å². The molecule has 2 heterocycles. The van der Waals surface area contributed by atoms with Gasteiger partial charge >= 0.3 is 11.9 Å². The summed E-state index contributed by atoms with van der Waals surface area (Å²) in [6.45, 7) is 13.7. The summed E-state index contributed by atoms with van der Waals surface area (Å²) in [4.78, 5) is 51.9. The van der Waals surface area contributed by atoms with E-state index in [2.05, 4.69) is 44.6 Å². The van der Waals surface area contributed by atoms with Gasteiger partial charge in [-0.15, -0.1) is 0 Å². The van der Waals surface area contributed by atoms with Crippen LogP contribution in [0.25, 0.3) is 0 Å². The van der Waals surface area contributed by atoms with E-state index in [9.17, 15) is 23.6 Å². The van der Waals surface area contributed by atoms with E-state index in [0.29, 0.717) is 25.7 Å². The summed E-state index contributed by atoms with van der Waals surface area (Å²) >= 11 is 0. The van der Waals surface area contributed by atoms with Crippen LogP contribution in [0, 0.1) is 5.82 Å². The largest absolute Gasteiger partial charge is 0.465 e. The van der Waals surface area contributed by atoms with Crippen molar-refractivity contribution in [3.8, 4) is 0 Å². The first-order valence-corrected chi connectivity index (χ1v) is 20.3. The number of hydrogen-bond donors (Lipinski definition) is 1. The molecule has 3 unspecified atom stereocenters. The van der Waals surface area contributed by atoms with Crippen LogP contribution >= 0.6 is 0 Å². The number of benzene rings is 1. The first-order chi connectivity index (χ1) is 17.2. The van der Waals surface area contributed by atoms with E-state index in [-0.39, 0.29) is 29.8 Å². The van der Waals surface area contributed by atoms with Crippen LogP contribution in [-0.4, -0.2) is 76.5 Å². The molecule has 0 aromatic heterocycles. The van der Waals surface area contributed by atoms with E-state index in [0.717, 1.165) is 18.2 Å². The molecule has 1 aromatic carbocycles. The van der Waals surface area contributed by atoms with E-state index >= 15 is 0 Å². The van der Waals surface area contributed by atoms with Gasteiger partial charge in [-0.05, 0) is 37.1 Å². The van der Waals surface area contributed by atoms with Crippen molar-refractivity contribution < 1.29 is 33.0 Å². The number of ether oxygens (including phenoxy) is 2. The van der Waals surface area contributed by atoms with Crippen molar-refractivity contribution >= 4 is 40.3 Å². The summed E-state index contributed by atoms with van der Waals surface area (Å²) < 4.78 is 25.8. The van der Waals surface area contributed by atoms with Crippen LogP contribution in [0.5, 0.6) is 0 Å². The third kappa shape index (κ3) is 7.58. The van der Waals surface area contributed by atoms with Crippen molar-refractivity contribution in [3.05, 3.63) is 34.6 Å². The number of carbonyl (C=O) groups excluding carboxylic acids is 4. The average Bonchev–Trinajstić information content (AvgIpc) is 3.13. The van der Waals surface area contributed by atoms with E-state index < -0.39 is 57.9 Å². The SMILES string of the molecule is C[Si](C)(C)CCOC(=O)C1CCC(N2Cc3c(F)cc(C=O)cc3C2=O)C(C(=O)OCC[Si](C)(C)C)N1. The van der Waals surface area contributed by atoms with Crippen LogP contribution in [0.3, 0.4) is 0 Å². The molecule has 0 bridgehead atoms. The van der Waals surface area contributed by atoms with Crippen molar-refractivity contribution in [2.45, 2.75) is 88.9 Å². The fourth-order valence-electron chi connectivity index (χ4n) is 4.51. The van der Waals surface area contributed by atoms with Gasteiger partial charge in [0.25, 0.3) is 5.91 Å². The molecule has 1 N–H and O–H groups in total. The first-order valence-electron chi connectivity index (χ1n) is 12.9. The van der Waals surface area contributed by atoms with Gasteiger partial charge < -0.3 is 14.4 Å². The topological polar surface area (TPSA) is 102 Å². The Balaban J connectivity index is 1.78. The Morgan fingerprint density at radius 3 is 2.19 bits per heavy atom. The lowest BCUT2D eigenvalue weighted by Gasteiger charge is -2.39. The van der Waals surface area contributed by atoms with Crippen LogP contribution in [0.2, 0.25) is 51.4 Å². The summed E-state index contributed by atoms with van der Waals surface area (Å²) in [5.41, 5.74) is 0.409. The highest BCUT2D eigenvalue weighted by molar-refractivity contribution is 6.76. The van der Waals surface area contributed by atoms with Crippen LogP contribution in [0.4, 0.5) is 4.39 Å². The highest BCUT2D eigenvalue weighted by Crippen LogP contribution is 2.32. The number of piperidine rings is 1. The fourth-order valence-corrected chi connectivity index (χ4v) is 5.94. The number of nitrogens with zero attached hydrogens (tertiary/aromatic N) is 1. The molecule has 204 valence electrons. The summed E-state index contributed by atoms with van der Waals surface area (Å²) in [5.74, 6) is -2.03. The molecule has 0 aliphatic carbocycles. The molecule has 3 rings (SSSR count). The molecular formula is C26H39FN2O6Si2. The minimum Gasteiger partial charge on any atom is -0.465 e. The standard InChI is InChI=1S/C26H39FN2O6Si2/c1-36(2,3)11-9-34-25(32)21-7-8-22(23(28-21)26(33)35-10-12-37(4,5)6)29-15-19-18(24(29)31)13-17(16-30)14-20(19)27/h13-14,16,21-23,28H,7-12,15H2,1-6H3. The van der Waals surface area contributed by atoms with Crippen LogP contribution < -0.4 is 5.32 Å². The normalized spacial score (nSPS) is 22.0. The smallest absolute Gasteiger partial charge is 0.325 e. The Hall–Kier alpha value is -2.38. The number of hydrogen-bond acceptors (Lipinski definition) is 7. The third-order valence-corrected chi connectivity index (χ3v) is 10.2. The lowest BCUT2D eigenvalue weighted by atomic mass is 9.92. The van der Waals surface area contributed by atoms with Crippen LogP contribution in [-0.2, 0) is 25.6 Å². The number of halogens is 1. The molecule has 3 atom stereocenters. The second-order valence-electron chi connectivity index (χ2n) is 12.4. The van der Waals surface area contributed by atoms with Crippen molar-refractivity contribution in [3.63, 3.8) is 0 Å². The number of esters is 2. The molecule has 2 aliphatic rings. The fraction of sp³-hybridized carbons (Fsp3) is 0.615. The van der Waals surface area contributed by atoms with E-state index in [1.807, 2.05) is 0 Å². The summed E-state index contributed by atoms with van der Waals surface area (Å²) in [6, 6.07) is 1.81. The zero-order valence-electron chi connectivity index (χ0n) is 22.7. The maximum absolute atomic E-state index is 14.7.